The third-order valence-corrected chi connectivity index (χ3v) is 2.69. The van der Waals surface area contributed by atoms with E-state index < -0.39 is 0 Å². The summed E-state index contributed by atoms with van der Waals surface area (Å²) in [6, 6.07) is 11.6. The Bertz CT molecular complexity index is 488. The van der Waals surface area contributed by atoms with Crippen molar-refractivity contribution < 1.29 is 4.74 Å². The van der Waals surface area contributed by atoms with Gasteiger partial charge in [-0.3, -0.25) is 0 Å². The lowest BCUT2D eigenvalue weighted by Gasteiger charge is -2.07. The van der Waals surface area contributed by atoms with Crippen molar-refractivity contribution in [3.05, 3.63) is 46.2 Å². The molecule has 0 bridgehead atoms. The molecular formula is C12H11IN2O. The zero-order valence-corrected chi connectivity index (χ0v) is 10.9. The second-order valence-corrected chi connectivity index (χ2v) is 4.43. The smallest absolute Gasteiger partial charge is 0.132 e. The molecule has 1 aromatic heterocycles. The van der Waals surface area contributed by atoms with Crippen LogP contribution in [-0.2, 0) is 0 Å². The first-order valence-corrected chi connectivity index (χ1v) is 5.93. The first-order chi connectivity index (χ1) is 7.78. The fourth-order valence-corrected chi connectivity index (χ4v) is 1.79. The Balaban J connectivity index is 2.20. The molecule has 0 saturated heterocycles. The maximum absolute atomic E-state index is 5.72. The average molecular weight is 326 g/mol. The van der Waals surface area contributed by atoms with Crippen LogP contribution in [0.3, 0.4) is 0 Å². The van der Waals surface area contributed by atoms with Gasteiger partial charge in [0.2, 0.25) is 0 Å². The molecule has 0 radical (unpaired) electrons. The van der Waals surface area contributed by atoms with E-state index in [-0.39, 0.29) is 0 Å². The molecule has 3 nitrogen and oxygen atoms in total. The maximum atomic E-state index is 5.72. The van der Waals surface area contributed by atoms with E-state index in [2.05, 4.69) is 32.9 Å². The standard InChI is InChI=1S/C12H11IN2O/c1-14-12-8-11(5-6-15-12)16-10-4-2-3-9(13)7-10/h2-8H,1H3,(H,14,15). The number of hydrogen-bond acceptors (Lipinski definition) is 3. The van der Waals surface area contributed by atoms with Gasteiger partial charge in [-0.2, -0.15) is 0 Å². The lowest BCUT2D eigenvalue weighted by molar-refractivity contribution is 0.482. The van der Waals surface area contributed by atoms with E-state index in [1.807, 2.05) is 43.4 Å². The van der Waals surface area contributed by atoms with E-state index in [9.17, 15) is 0 Å². The molecule has 0 saturated carbocycles. The van der Waals surface area contributed by atoms with E-state index in [1.165, 1.54) is 0 Å². The van der Waals surface area contributed by atoms with E-state index in [0.717, 1.165) is 20.9 Å². The van der Waals surface area contributed by atoms with Crippen LogP contribution in [0.2, 0.25) is 0 Å². The minimum Gasteiger partial charge on any atom is -0.457 e. The predicted molar refractivity (Wildman–Crippen MR) is 73.0 cm³/mol. The molecule has 2 aromatic rings. The van der Waals surface area contributed by atoms with Gasteiger partial charge in [0.15, 0.2) is 0 Å². The highest BCUT2D eigenvalue weighted by Crippen LogP contribution is 2.23. The number of pyridine rings is 1. The molecule has 0 unspecified atom stereocenters. The van der Waals surface area contributed by atoms with Crippen molar-refractivity contribution in [1.82, 2.24) is 4.98 Å². The topological polar surface area (TPSA) is 34.1 Å². The summed E-state index contributed by atoms with van der Waals surface area (Å²) in [6.07, 6.45) is 1.72. The van der Waals surface area contributed by atoms with Crippen molar-refractivity contribution in [3.8, 4) is 11.5 Å². The SMILES string of the molecule is CNc1cc(Oc2cccc(I)c2)ccn1. The average Bonchev–Trinajstić information content (AvgIpc) is 2.29. The van der Waals surface area contributed by atoms with E-state index in [0.29, 0.717) is 0 Å². The quantitative estimate of drug-likeness (QED) is 0.877. The molecule has 0 atom stereocenters. The highest BCUT2D eigenvalue weighted by Gasteiger charge is 1.99. The van der Waals surface area contributed by atoms with Crippen molar-refractivity contribution >= 4 is 28.4 Å². The summed E-state index contributed by atoms with van der Waals surface area (Å²) in [5, 5.41) is 2.97. The van der Waals surface area contributed by atoms with E-state index >= 15 is 0 Å². The van der Waals surface area contributed by atoms with Crippen LogP contribution in [-0.4, -0.2) is 12.0 Å². The molecule has 0 spiro atoms. The van der Waals surface area contributed by atoms with Crippen LogP contribution in [0.4, 0.5) is 5.82 Å². The lowest BCUT2D eigenvalue weighted by atomic mass is 10.3. The summed E-state index contributed by atoms with van der Waals surface area (Å²) >= 11 is 2.26. The third kappa shape index (κ3) is 2.85. The second kappa shape index (κ2) is 5.16. The van der Waals surface area contributed by atoms with Gasteiger partial charge in [-0.1, -0.05) is 6.07 Å². The summed E-state index contributed by atoms with van der Waals surface area (Å²) in [6.45, 7) is 0. The second-order valence-electron chi connectivity index (χ2n) is 3.19. The highest BCUT2D eigenvalue weighted by molar-refractivity contribution is 14.1. The van der Waals surface area contributed by atoms with Crippen LogP contribution in [0.5, 0.6) is 11.5 Å². The van der Waals surface area contributed by atoms with Crippen LogP contribution in [0.15, 0.2) is 42.6 Å². The highest BCUT2D eigenvalue weighted by atomic mass is 127. The van der Waals surface area contributed by atoms with Crippen LogP contribution in [0, 0.1) is 3.57 Å². The Morgan fingerprint density at radius 2 is 2.00 bits per heavy atom. The molecule has 1 aromatic carbocycles. The van der Waals surface area contributed by atoms with E-state index in [4.69, 9.17) is 4.74 Å². The van der Waals surface area contributed by atoms with Gasteiger partial charge in [0.05, 0.1) is 0 Å². The fourth-order valence-electron chi connectivity index (χ4n) is 1.28. The van der Waals surface area contributed by atoms with Gasteiger partial charge in [0.25, 0.3) is 0 Å². The Morgan fingerprint density at radius 1 is 1.19 bits per heavy atom. The van der Waals surface area contributed by atoms with Crippen molar-refractivity contribution in [2.75, 3.05) is 12.4 Å². The van der Waals surface area contributed by atoms with Crippen molar-refractivity contribution in [2.24, 2.45) is 0 Å². The molecule has 1 heterocycles. The van der Waals surface area contributed by atoms with Gasteiger partial charge in [0, 0.05) is 22.9 Å². The number of benzene rings is 1. The molecule has 1 N–H and O–H groups in total. The van der Waals surface area contributed by atoms with Gasteiger partial charge in [-0.15, -0.1) is 0 Å². The first-order valence-electron chi connectivity index (χ1n) is 4.85. The van der Waals surface area contributed by atoms with Crippen molar-refractivity contribution in [3.63, 3.8) is 0 Å². The maximum Gasteiger partial charge on any atom is 0.132 e. The molecule has 16 heavy (non-hydrogen) atoms. The Labute approximate surface area is 108 Å². The van der Waals surface area contributed by atoms with Gasteiger partial charge < -0.3 is 10.1 Å². The third-order valence-electron chi connectivity index (χ3n) is 2.02. The number of halogens is 1. The number of ether oxygens (including phenoxy) is 1. The number of aromatic nitrogens is 1. The Kier molecular flexibility index (Phi) is 3.61. The molecule has 82 valence electrons. The fraction of sp³-hybridized carbons (Fsp3) is 0.0833. The summed E-state index contributed by atoms with van der Waals surface area (Å²) in [7, 11) is 1.83. The molecular weight excluding hydrogens is 315 g/mol. The number of rotatable bonds is 3. The molecule has 0 amide bonds. The lowest BCUT2D eigenvalue weighted by Crippen LogP contribution is -1.92. The van der Waals surface area contributed by atoms with Gasteiger partial charge in [0.1, 0.15) is 17.3 Å². The molecule has 0 aliphatic heterocycles. The molecule has 0 aliphatic carbocycles. The summed E-state index contributed by atoms with van der Waals surface area (Å²) in [5.41, 5.74) is 0. The van der Waals surface area contributed by atoms with Crippen molar-refractivity contribution in [2.45, 2.75) is 0 Å². The molecule has 4 heteroatoms. The summed E-state index contributed by atoms with van der Waals surface area (Å²) in [4.78, 5) is 4.12. The summed E-state index contributed by atoms with van der Waals surface area (Å²) in [5.74, 6) is 2.41. The number of nitrogens with zero attached hydrogens (tertiary/aromatic N) is 1. The first kappa shape index (κ1) is 11.2. The zero-order chi connectivity index (χ0) is 11.4. The Morgan fingerprint density at radius 3 is 2.75 bits per heavy atom. The van der Waals surface area contributed by atoms with Crippen LogP contribution < -0.4 is 10.1 Å². The normalized spacial score (nSPS) is 9.88. The van der Waals surface area contributed by atoms with Gasteiger partial charge in [-0.25, -0.2) is 4.98 Å². The zero-order valence-electron chi connectivity index (χ0n) is 8.77. The van der Waals surface area contributed by atoms with Crippen LogP contribution in [0.25, 0.3) is 0 Å². The minimum atomic E-state index is 0.779. The van der Waals surface area contributed by atoms with Crippen molar-refractivity contribution in [1.29, 1.82) is 0 Å². The molecule has 2 rings (SSSR count). The number of anilines is 1. The van der Waals surface area contributed by atoms with Crippen LogP contribution in [0.1, 0.15) is 0 Å². The number of hydrogen-bond donors (Lipinski definition) is 1. The largest absolute Gasteiger partial charge is 0.457 e. The van der Waals surface area contributed by atoms with Crippen LogP contribution >= 0.6 is 22.6 Å². The van der Waals surface area contributed by atoms with E-state index in [1.54, 1.807) is 6.20 Å². The monoisotopic (exact) mass is 326 g/mol. The Hall–Kier alpha value is -1.30. The summed E-state index contributed by atoms with van der Waals surface area (Å²) < 4.78 is 6.87. The van der Waals surface area contributed by atoms with Gasteiger partial charge >= 0.3 is 0 Å². The molecule has 0 fully saturated rings. The number of nitrogens with one attached hydrogen (secondary N) is 1. The minimum absolute atomic E-state index is 0.779. The predicted octanol–water partition coefficient (Wildman–Crippen LogP) is 3.52. The molecule has 0 aliphatic rings. The van der Waals surface area contributed by atoms with Gasteiger partial charge in [-0.05, 0) is 46.9 Å².